The Morgan fingerprint density at radius 3 is 2.79 bits per heavy atom. The molecular formula is C12H19BrN2O2S2. The number of sulfonamides is 1. The topological polar surface area (TPSA) is 49.4 Å². The maximum Gasteiger partial charge on any atom is 0.252 e. The van der Waals surface area contributed by atoms with Gasteiger partial charge in [-0.1, -0.05) is 0 Å². The summed E-state index contributed by atoms with van der Waals surface area (Å²) in [5.41, 5.74) is 0.972. The van der Waals surface area contributed by atoms with Crippen molar-refractivity contribution in [3.8, 4) is 0 Å². The van der Waals surface area contributed by atoms with Gasteiger partial charge < -0.3 is 5.32 Å². The minimum absolute atomic E-state index is 0.0983. The van der Waals surface area contributed by atoms with E-state index in [0.717, 1.165) is 41.7 Å². The molecule has 0 spiro atoms. The summed E-state index contributed by atoms with van der Waals surface area (Å²) in [6, 6.07) is 1.84. The number of halogens is 1. The van der Waals surface area contributed by atoms with Crippen LogP contribution in [0.5, 0.6) is 0 Å². The van der Waals surface area contributed by atoms with Gasteiger partial charge in [-0.05, 0) is 66.8 Å². The molecule has 19 heavy (non-hydrogen) atoms. The molecule has 7 heteroatoms. The molecule has 0 bridgehead atoms. The highest BCUT2D eigenvalue weighted by atomic mass is 79.9. The minimum Gasteiger partial charge on any atom is -0.317 e. The van der Waals surface area contributed by atoms with Crippen LogP contribution in [0, 0.1) is 6.92 Å². The SMILES string of the molecule is Cc1cc(S(=O)(=O)N(C)C2CCCNCC2)sc1Br. The quantitative estimate of drug-likeness (QED) is 0.894. The molecular weight excluding hydrogens is 348 g/mol. The van der Waals surface area contributed by atoms with Crippen molar-refractivity contribution < 1.29 is 8.42 Å². The first-order chi connectivity index (χ1) is 8.93. The van der Waals surface area contributed by atoms with Gasteiger partial charge in [0.05, 0.1) is 3.79 Å². The highest BCUT2D eigenvalue weighted by Crippen LogP contribution is 2.33. The van der Waals surface area contributed by atoms with Crippen LogP contribution in [0.3, 0.4) is 0 Å². The molecule has 4 nitrogen and oxygen atoms in total. The molecule has 1 unspecified atom stereocenters. The van der Waals surface area contributed by atoms with Crippen molar-refractivity contribution in [1.29, 1.82) is 0 Å². The average Bonchev–Trinajstić information content (AvgIpc) is 2.60. The van der Waals surface area contributed by atoms with Crippen LogP contribution < -0.4 is 5.32 Å². The first-order valence-corrected chi connectivity index (χ1v) is 9.42. The van der Waals surface area contributed by atoms with E-state index in [9.17, 15) is 8.42 Å². The van der Waals surface area contributed by atoms with Gasteiger partial charge in [0.15, 0.2) is 0 Å². The summed E-state index contributed by atoms with van der Waals surface area (Å²) in [4.78, 5) is 0. The summed E-state index contributed by atoms with van der Waals surface area (Å²) >= 11 is 4.68. The zero-order valence-corrected chi connectivity index (χ0v) is 14.4. The maximum atomic E-state index is 12.6. The Labute approximate surface area is 127 Å². The van der Waals surface area contributed by atoms with Crippen molar-refractivity contribution in [2.24, 2.45) is 0 Å². The lowest BCUT2D eigenvalue weighted by molar-refractivity contribution is 0.342. The van der Waals surface area contributed by atoms with Crippen molar-refractivity contribution in [3.05, 3.63) is 15.4 Å². The first-order valence-electron chi connectivity index (χ1n) is 6.37. The van der Waals surface area contributed by atoms with Crippen LogP contribution in [0.15, 0.2) is 14.1 Å². The fraction of sp³-hybridized carbons (Fsp3) is 0.667. The molecule has 2 rings (SSSR count). The fourth-order valence-corrected chi connectivity index (χ4v) is 6.09. The van der Waals surface area contributed by atoms with Crippen LogP contribution in [0.4, 0.5) is 0 Å². The van der Waals surface area contributed by atoms with Crippen LogP contribution >= 0.6 is 27.3 Å². The number of nitrogens with zero attached hydrogens (tertiary/aromatic N) is 1. The van der Waals surface area contributed by atoms with Gasteiger partial charge in [0.1, 0.15) is 4.21 Å². The lowest BCUT2D eigenvalue weighted by Crippen LogP contribution is -2.37. The summed E-state index contributed by atoms with van der Waals surface area (Å²) in [6.45, 7) is 3.78. The first kappa shape index (κ1) is 15.4. The van der Waals surface area contributed by atoms with Crippen molar-refractivity contribution >= 4 is 37.3 Å². The van der Waals surface area contributed by atoms with E-state index in [2.05, 4.69) is 21.2 Å². The van der Waals surface area contributed by atoms with Gasteiger partial charge in [-0.3, -0.25) is 0 Å². The molecule has 108 valence electrons. The minimum atomic E-state index is -3.36. The number of rotatable bonds is 3. The maximum absolute atomic E-state index is 12.6. The lowest BCUT2D eigenvalue weighted by Gasteiger charge is -2.25. The second-order valence-electron chi connectivity index (χ2n) is 4.88. The van der Waals surface area contributed by atoms with E-state index in [1.165, 1.54) is 11.3 Å². The van der Waals surface area contributed by atoms with Gasteiger partial charge >= 0.3 is 0 Å². The Morgan fingerprint density at radius 2 is 2.16 bits per heavy atom. The Balaban J connectivity index is 2.22. The molecule has 0 aromatic carbocycles. The third-order valence-electron chi connectivity index (χ3n) is 3.53. The van der Waals surface area contributed by atoms with E-state index in [1.807, 2.05) is 6.92 Å². The largest absolute Gasteiger partial charge is 0.317 e. The van der Waals surface area contributed by atoms with Crippen LogP contribution in [-0.4, -0.2) is 38.9 Å². The predicted octanol–water partition coefficient (Wildman–Crippen LogP) is 2.58. The number of aryl methyl sites for hydroxylation is 1. The lowest BCUT2D eigenvalue weighted by atomic mass is 10.1. The molecule has 0 amide bonds. The van der Waals surface area contributed by atoms with Crippen LogP contribution in [-0.2, 0) is 10.0 Å². The van der Waals surface area contributed by atoms with Crippen molar-refractivity contribution in [1.82, 2.24) is 9.62 Å². The summed E-state index contributed by atoms with van der Waals surface area (Å²) < 4.78 is 28.1. The molecule has 1 N–H and O–H groups in total. The van der Waals surface area contributed by atoms with Gasteiger partial charge in [0.2, 0.25) is 0 Å². The van der Waals surface area contributed by atoms with Crippen LogP contribution in [0.2, 0.25) is 0 Å². The Morgan fingerprint density at radius 1 is 1.42 bits per heavy atom. The highest BCUT2D eigenvalue weighted by Gasteiger charge is 2.30. The third kappa shape index (κ3) is 3.39. The Kier molecular flexibility index (Phi) is 5.05. The van der Waals surface area contributed by atoms with Gasteiger partial charge in [-0.15, -0.1) is 11.3 Å². The molecule has 0 saturated carbocycles. The molecule has 2 heterocycles. The van der Waals surface area contributed by atoms with E-state index in [1.54, 1.807) is 17.4 Å². The predicted molar refractivity (Wildman–Crippen MR) is 82.2 cm³/mol. The molecule has 1 atom stereocenters. The van der Waals surface area contributed by atoms with Crippen molar-refractivity contribution in [2.75, 3.05) is 20.1 Å². The number of thiophene rings is 1. The van der Waals surface area contributed by atoms with Gasteiger partial charge in [0.25, 0.3) is 10.0 Å². The fourth-order valence-electron chi connectivity index (χ4n) is 2.26. The van der Waals surface area contributed by atoms with Crippen LogP contribution in [0.25, 0.3) is 0 Å². The Hall–Kier alpha value is 0.0500. The molecule has 1 saturated heterocycles. The molecule has 1 aromatic heterocycles. The summed E-state index contributed by atoms with van der Waals surface area (Å²) in [5, 5.41) is 3.31. The highest BCUT2D eigenvalue weighted by molar-refractivity contribution is 9.11. The second-order valence-corrected chi connectivity index (χ2v) is 9.47. The molecule has 1 fully saturated rings. The average molecular weight is 367 g/mol. The van der Waals surface area contributed by atoms with E-state index >= 15 is 0 Å². The van der Waals surface area contributed by atoms with E-state index in [0.29, 0.717) is 4.21 Å². The van der Waals surface area contributed by atoms with Gasteiger partial charge in [0, 0.05) is 13.1 Å². The smallest absolute Gasteiger partial charge is 0.252 e. The number of hydrogen-bond acceptors (Lipinski definition) is 4. The summed E-state index contributed by atoms with van der Waals surface area (Å²) in [5.74, 6) is 0. The van der Waals surface area contributed by atoms with E-state index in [-0.39, 0.29) is 6.04 Å². The molecule has 0 aliphatic carbocycles. The molecule has 1 aliphatic rings. The van der Waals surface area contributed by atoms with E-state index in [4.69, 9.17) is 0 Å². The van der Waals surface area contributed by atoms with Crippen LogP contribution in [0.1, 0.15) is 24.8 Å². The zero-order valence-electron chi connectivity index (χ0n) is 11.1. The third-order valence-corrected chi connectivity index (χ3v) is 8.02. The normalized spacial score (nSPS) is 21.6. The van der Waals surface area contributed by atoms with Crippen molar-refractivity contribution in [3.63, 3.8) is 0 Å². The second kappa shape index (κ2) is 6.22. The molecule has 0 radical (unpaired) electrons. The molecule has 1 aromatic rings. The van der Waals surface area contributed by atoms with Gasteiger partial charge in [-0.25, -0.2) is 8.42 Å². The van der Waals surface area contributed by atoms with Gasteiger partial charge in [-0.2, -0.15) is 4.31 Å². The van der Waals surface area contributed by atoms with E-state index < -0.39 is 10.0 Å². The number of nitrogens with one attached hydrogen (secondary N) is 1. The summed E-state index contributed by atoms with van der Waals surface area (Å²) in [6.07, 6.45) is 2.83. The van der Waals surface area contributed by atoms with Crippen molar-refractivity contribution in [2.45, 2.75) is 36.4 Å². The molecule has 1 aliphatic heterocycles. The monoisotopic (exact) mass is 366 g/mol. The zero-order chi connectivity index (χ0) is 14.0. The number of hydrogen-bond donors (Lipinski definition) is 1. The summed E-state index contributed by atoms with van der Waals surface area (Å²) in [7, 11) is -1.66. The standard InChI is InChI=1S/C12H19BrN2O2S2/c1-9-8-11(18-12(9)13)19(16,17)15(2)10-4-3-6-14-7-5-10/h8,10,14H,3-7H2,1-2H3. The Bertz CT molecular complexity index is 514.